The lowest BCUT2D eigenvalue weighted by atomic mass is 10.1. The molecule has 7 heteroatoms. The van der Waals surface area contributed by atoms with E-state index in [0.29, 0.717) is 22.0 Å². The molecule has 0 unspecified atom stereocenters. The molecule has 0 atom stereocenters. The van der Waals surface area contributed by atoms with E-state index in [1.165, 1.54) is 18.1 Å². The van der Waals surface area contributed by atoms with Crippen LogP contribution in [-0.2, 0) is 9.59 Å². The molecule has 1 aliphatic heterocycles. The number of methoxy groups -OCH3 is 1. The first-order valence-electron chi connectivity index (χ1n) is 7.31. The SMILES string of the molecule is COc1ccccc1/C=C1\C(=O)NC(=S)N(c2ccc(Cl)cc2)C1=O. The molecule has 0 aliphatic carbocycles. The molecule has 0 saturated carbocycles. The zero-order valence-electron chi connectivity index (χ0n) is 13.2. The summed E-state index contributed by atoms with van der Waals surface area (Å²) in [5, 5.41) is 3.09. The molecule has 1 N–H and O–H groups in total. The fourth-order valence-electron chi connectivity index (χ4n) is 2.42. The van der Waals surface area contributed by atoms with Crippen molar-refractivity contribution in [3.05, 3.63) is 64.7 Å². The zero-order chi connectivity index (χ0) is 18.0. The highest BCUT2D eigenvalue weighted by molar-refractivity contribution is 7.80. The molecule has 0 bridgehead atoms. The molecule has 2 aromatic rings. The summed E-state index contributed by atoms with van der Waals surface area (Å²) in [5.74, 6) is -0.505. The monoisotopic (exact) mass is 372 g/mol. The van der Waals surface area contributed by atoms with E-state index in [4.69, 9.17) is 28.6 Å². The van der Waals surface area contributed by atoms with Crippen LogP contribution in [0, 0.1) is 0 Å². The van der Waals surface area contributed by atoms with Gasteiger partial charge in [-0.15, -0.1) is 0 Å². The summed E-state index contributed by atoms with van der Waals surface area (Å²) in [6.07, 6.45) is 1.49. The number of amides is 2. The van der Waals surface area contributed by atoms with Crippen molar-refractivity contribution in [3.63, 3.8) is 0 Å². The summed E-state index contributed by atoms with van der Waals surface area (Å²) < 4.78 is 5.26. The van der Waals surface area contributed by atoms with E-state index in [9.17, 15) is 9.59 Å². The van der Waals surface area contributed by atoms with Gasteiger partial charge in [-0.25, -0.2) is 0 Å². The highest BCUT2D eigenvalue weighted by atomic mass is 35.5. The van der Waals surface area contributed by atoms with E-state index in [0.717, 1.165) is 0 Å². The van der Waals surface area contributed by atoms with Gasteiger partial charge in [-0.3, -0.25) is 19.8 Å². The fraction of sp³-hybridized carbons (Fsp3) is 0.0556. The minimum atomic E-state index is -0.550. The summed E-state index contributed by atoms with van der Waals surface area (Å²) >= 11 is 11.0. The molecule has 126 valence electrons. The molecule has 3 rings (SSSR count). The predicted octanol–water partition coefficient (Wildman–Crippen LogP) is 3.18. The molecule has 1 aliphatic rings. The van der Waals surface area contributed by atoms with Crippen molar-refractivity contribution in [1.29, 1.82) is 0 Å². The van der Waals surface area contributed by atoms with Gasteiger partial charge in [0.2, 0.25) is 0 Å². The number of halogens is 1. The first-order chi connectivity index (χ1) is 12.0. The van der Waals surface area contributed by atoms with Gasteiger partial charge < -0.3 is 4.74 Å². The van der Waals surface area contributed by atoms with Gasteiger partial charge in [0.1, 0.15) is 11.3 Å². The molecule has 0 spiro atoms. The van der Waals surface area contributed by atoms with Crippen molar-refractivity contribution < 1.29 is 14.3 Å². The second kappa shape index (κ2) is 7.04. The van der Waals surface area contributed by atoms with E-state index in [-0.39, 0.29) is 10.7 Å². The number of hydrogen-bond acceptors (Lipinski definition) is 4. The van der Waals surface area contributed by atoms with Crippen molar-refractivity contribution in [1.82, 2.24) is 5.32 Å². The van der Waals surface area contributed by atoms with Crippen LogP contribution in [0.2, 0.25) is 5.02 Å². The molecular formula is C18H13ClN2O3S. The van der Waals surface area contributed by atoms with Gasteiger partial charge in [0.25, 0.3) is 11.8 Å². The van der Waals surface area contributed by atoms with Crippen LogP contribution in [0.1, 0.15) is 5.56 Å². The fourth-order valence-corrected chi connectivity index (χ4v) is 2.83. The largest absolute Gasteiger partial charge is 0.496 e. The van der Waals surface area contributed by atoms with Crippen molar-refractivity contribution in [2.75, 3.05) is 12.0 Å². The quantitative estimate of drug-likeness (QED) is 0.510. The van der Waals surface area contributed by atoms with Crippen LogP contribution in [0.5, 0.6) is 5.75 Å². The van der Waals surface area contributed by atoms with Crippen LogP contribution in [0.25, 0.3) is 6.08 Å². The normalized spacial score (nSPS) is 16.2. The smallest absolute Gasteiger partial charge is 0.270 e. The molecule has 2 aromatic carbocycles. The molecule has 0 radical (unpaired) electrons. The van der Waals surface area contributed by atoms with Gasteiger partial charge >= 0.3 is 0 Å². The van der Waals surface area contributed by atoms with Gasteiger partial charge in [-0.1, -0.05) is 29.8 Å². The molecule has 1 saturated heterocycles. The van der Waals surface area contributed by atoms with Crippen LogP contribution in [0.3, 0.4) is 0 Å². The Balaban J connectivity index is 2.03. The van der Waals surface area contributed by atoms with Crippen LogP contribution in [0.4, 0.5) is 5.69 Å². The van der Waals surface area contributed by atoms with E-state index in [2.05, 4.69) is 5.32 Å². The maximum absolute atomic E-state index is 12.9. The third-order valence-electron chi connectivity index (χ3n) is 3.63. The third-order valence-corrected chi connectivity index (χ3v) is 4.16. The average Bonchev–Trinajstić information content (AvgIpc) is 2.60. The zero-order valence-corrected chi connectivity index (χ0v) is 14.7. The second-order valence-corrected chi connectivity index (χ2v) is 6.00. The molecule has 2 amide bonds. The van der Waals surface area contributed by atoms with Crippen molar-refractivity contribution >= 4 is 52.5 Å². The number of para-hydroxylation sites is 1. The highest BCUT2D eigenvalue weighted by Crippen LogP contribution is 2.26. The van der Waals surface area contributed by atoms with Crippen molar-refractivity contribution in [2.45, 2.75) is 0 Å². The van der Waals surface area contributed by atoms with Gasteiger partial charge in [-0.05, 0) is 48.6 Å². The van der Waals surface area contributed by atoms with Gasteiger partial charge in [0, 0.05) is 10.6 Å². The molecule has 1 fully saturated rings. The number of anilines is 1. The van der Waals surface area contributed by atoms with Gasteiger partial charge in [-0.2, -0.15) is 0 Å². The number of thiocarbonyl (C=S) groups is 1. The van der Waals surface area contributed by atoms with Gasteiger partial charge in [0.05, 0.1) is 12.8 Å². The van der Waals surface area contributed by atoms with E-state index < -0.39 is 11.8 Å². The summed E-state index contributed by atoms with van der Waals surface area (Å²) in [5.41, 5.74) is 1.10. The van der Waals surface area contributed by atoms with E-state index in [1.807, 2.05) is 0 Å². The number of ether oxygens (including phenoxy) is 1. The Morgan fingerprint density at radius 3 is 2.48 bits per heavy atom. The van der Waals surface area contributed by atoms with Crippen LogP contribution >= 0.6 is 23.8 Å². The Morgan fingerprint density at radius 1 is 1.12 bits per heavy atom. The second-order valence-electron chi connectivity index (χ2n) is 5.18. The predicted molar refractivity (Wildman–Crippen MR) is 101 cm³/mol. The number of carbonyl (C=O) groups excluding carboxylic acids is 2. The minimum absolute atomic E-state index is 0.0227. The third kappa shape index (κ3) is 3.40. The van der Waals surface area contributed by atoms with Crippen LogP contribution < -0.4 is 15.0 Å². The Morgan fingerprint density at radius 2 is 1.80 bits per heavy atom. The topological polar surface area (TPSA) is 58.6 Å². The summed E-state index contributed by atoms with van der Waals surface area (Å²) in [7, 11) is 1.52. The molecule has 25 heavy (non-hydrogen) atoms. The molecule has 5 nitrogen and oxygen atoms in total. The van der Waals surface area contributed by atoms with E-state index >= 15 is 0 Å². The van der Waals surface area contributed by atoms with Gasteiger partial charge in [0.15, 0.2) is 5.11 Å². The summed E-state index contributed by atoms with van der Waals surface area (Å²) in [6, 6.07) is 13.7. The average molecular weight is 373 g/mol. The van der Waals surface area contributed by atoms with Crippen molar-refractivity contribution in [2.24, 2.45) is 0 Å². The molecular weight excluding hydrogens is 360 g/mol. The van der Waals surface area contributed by atoms with Crippen LogP contribution in [0.15, 0.2) is 54.1 Å². The summed E-state index contributed by atoms with van der Waals surface area (Å²) in [6.45, 7) is 0. The highest BCUT2D eigenvalue weighted by Gasteiger charge is 2.34. The number of nitrogens with zero attached hydrogens (tertiary/aromatic N) is 1. The lowest BCUT2D eigenvalue weighted by molar-refractivity contribution is -0.122. The number of hydrogen-bond donors (Lipinski definition) is 1. The lowest BCUT2D eigenvalue weighted by Crippen LogP contribution is -2.54. The maximum atomic E-state index is 12.9. The lowest BCUT2D eigenvalue weighted by Gasteiger charge is -2.29. The minimum Gasteiger partial charge on any atom is -0.496 e. The standard InChI is InChI=1S/C18H13ClN2O3S/c1-24-15-5-3-2-4-11(15)10-14-16(22)20-18(25)21(17(14)23)13-8-6-12(19)7-9-13/h2-10H,1H3,(H,20,22,25)/b14-10+. The number of rotatable bonds is 3. The Kier molecular flexibility index (Phi) is 4.83. The number of carbonyl (C=O) groups is 2. The maximum Gasteiger partial charge on any atom is 0.270 e. The number of benzene rings is 2. The number of nitrogens with one attached hydrogen (secondary N) is 1. The Hall–Kier alpha value is -2.70. The molecule has 1 heterocycles. The Bertz CT molecular complexity index is 893. The summed E-state index contributed by atoms with van der Waals surface area (Å²) in [4.78, 5) is 26.4. The Labute approximate surface area is 154 Å². The van der Waals surface area contributed by atoms with Crippen molar-refractivity contribution in [3.8, 4) is 5.75 Å². The first kappa shape index (κ1) is 17.1. The van der Waals surface area contributed by atoms with Crippen LogP contribution in [-0.4, -0.2) is 24.0 Å². The van der Waals surface area contributed by atoms with E-state index in [1.54, 1.807) is 48.5 Å². The molecule has 0 aromatic heterocycles. The first-order valence-corrected chi connectivity index (χ1v) is 8.10.